The minimum absolute atomic E-state index is 0.0837. The second-order valence-electron chi connectivity index (χ2n) is 16.6. The smallest absolute Gasteiger partial charge is 0.265 e. The summed E-state index contributed by atoms with van der Waals surface area (Å²) in [6.45, 7) is 0. The van der Waals surface area contributed by atoms with Gasteiger partial charge in [0.05, 0.1) is 21.9 Å². The van der Waals surface area contributed by atoms with Crippen molar-refractivity contribution < 1.29 is 27.4 Å². The molecule has 0 atom stereocenters. The number of fused-ring (bicyclic) bond motifs is 20. The highest BCUT2D eigenvalue weighted by molar-refractivity contribution is 8.13. The lowest BCUT2D eigenvalue weighted by atomic mass is 10.1. The molecular weight excluding hydrogens is 948 g/mol. The van der Waals surface area contributed by atoms with Gasteiger partial charge in [-0.3, -0.25) is 0 Å². The average molecular weight is 981 g/mol. The lowest BCUT2D eigenvalue weighted by Crippen LogP contribution is -1.97. The minimum atomic E-state index is -4.41. The van der Waals surface area contributed by atoms with E-state index in [2.05, 4.69) is 9.97 Å². The zero-order chi connectivity index (χ0) is 48.3. The predicted molar refractivity (Wildman–Crippen MR) is 275 cm³/mol. The molecule has 2 aliphatic heterocycles. The van der Waals surface area contributed by atoms with Crippen LogP contribution in [0, 0.1) is 0 Å². The van der Waals surface area contributed by atoms with E-state index in [-0.39, 0.29) is 44.8 Å². The van der Waals surface area contributed by atoms with E-state index in [1.54, 1.807) is 30.3 Å². The van der Waals surface area contributed by atoms with E-state index < -0.39 is 9.05 Å². The molecule has 5 heterocycles. The van der Waals surface area contributed by atoms with Crippen LogP contribution in [0.15, 0.2) is 193 Å². The summed E-state index contributed by atoms with van der Waals surface area (Å²) in [5.41, 5.74) is 3.51. The Morgan fingerprint density at radius 3 is 1.25 bits per heavy atom. The quantitative estimate of drug-likeness (QED) is 0.131. The number of nitrogens with zero attached hydrogens (tertiary/aromatic N) is 6. The number of rotatable bonds is 9. The first kappa shape index (κ1) is 42.6. The van der Waals surface area contributed by atoms with Gasteiger partial charge in [-0.05, 0) is 78.9 Å². The summed E-state index contributed by atoms with van der Waals surface area (Å²) in [6, 6.07) is 56.9. The summed E-state index contributed by atoms with van der Waals surface area (Å²) in [7, 11) is 1.79. The topological polar surface area (TPSA) is 180 Å². The van der Waals surface area contributed by atoms with Crippen molar-refractivity contribution in [2.24, 2.45) is 0 Å². The molecule has 0 unspecified atom stereocenters. The molecule has 14 nitrogen and oxygen atoms in total. The summed E-state index contributed by atoms with van der Waals surface area (Å²) in [5.74, 6) is 4.54. The lowest BCUT2D eigenvalue weighted by molar-refractivity contribution is 0.474. The average Bonchev–Trinajstić information content (AvgIpc) is 4.14. The second kappa shape index (κ2) is 17.2. The van der Waals surface area contributed by atoms with Crippen LogP contribution in [-0.2, 0) is 9.05 Å². The fraction of sp³-hybridized carbons (Fsp3) is 0. The fourth-order valence-corrected chi connectivity index (χ4v) is 9.84. The summed E-state index contributed by atoms with van der Waals surface area (Å²) < 4.78 is 53.1. The first-order valence-corrected chi connectivity index (χ1v) is 24.9. The molecular formula is C56H33ClN8O6S. The predicted octanol–water partition coefficient (Wildman–Crippen LogP) is 14.0. The molecule has 3 aromatic heterocycles. The fourth-order valence-electron chi connectivity index (χ4n) is 8.88. The van der Waals surface area contributed by atoms with Crippen molar-refractivity contribution in [3.8, 4) is 91.5 Å². The van der Waals surface area contributed by atoms with Crippen molar-refractivity contribution in [1.82, 2.24) is 39.9 Å². The number of nitrogens with one attached hydrogen (secondary N) is 2. The van der Waals surface area contributed by atoms with Gasteiger partial charge < -0.3 is 28.9 Å². The van der Waals surface area contributed by atoms with Crippen LogP contribution in [0.3, 0.4) is 0 Å². The summed E-state index contributed by atoms with van der Waals surface area (Å²) in [4.78, 5) is 37.9. The van der Waals surface area contributed by atoms with Crippen LogP contribution in [0.5, 0.6) is 46.0 Å². The molecule has 72 heavy (non-hydrogen) atoms. The molecule has 0 saturated carbocycles. The Morgan fingerprint density at radius 1 is 0.361 bits per heavy atom. The Hall–Kier alpha value is -9.44. The molecule has 0 radical (unpaired) electrons. The summed E-state index contributed by atoms with van der Waals surface area (Å²) in [5, 5.41) is 1.99. The molecule has 8 aromatic carbocycles. The van der Waals surface area contributed by atoms with Crippen molar-refractivity contribution in [2.75, 3.05) is 0 Å². The Morgan fingerprint density at radius 2 is 0.764 bits per heavy atom. The van der Waals surface area contributed by atoms with Crippen molar-refractivity contribution in [1.29, 1.82) is 0 Å². The maximum Gasteiger partial charge on any atom is 0.265 e. The second-order valence-corrected chi connectivity index (χ2v) is 19.1. The standard InChI is InChI=1S/C56H33ClN8O6S/c57-72(66,67)43-31-30-39-47(48(43)71-35-22-11-4-12-23-35)56-64-51-38-26-15-29-42(70-34-20-9-3-10-21-34)46(38)54(62-51)60-49-36-24-13-27-40(68-32-16-5-1-6-17-32)44(36)53(58-49)59-50-37-25-14-28-41(69-33-18-7-2-8-19-33)45(37)55(61-50)63-52(39)65-56/h1-31H,(H2,58,59,60,61,62,63,64,65). The number of para-hydroxylation sites is 4. The van der Waals surface area contributed by atoms with Gasteiger partial charge in [-0.1, -0.05) is 109 Å². The largest absolute Gasteiger partial charge is 0.457 e. The SMILES string of the molecule is O=S(=O)(Cl)c1ccc2c3nc4nc(nc5[nH]c(nc6nc(nc([nH]3)c2c1Oc1ccccc1)-c1cccc(Oc2ccccc2)c1-6)c1cccc(Oc2ccccc2)c51)-c1cccc(Oc2ccccc2)c1-4. The summed E-state index contributed by atoms with van der Waals surface area (Å²) in [6.07, 6.45) is 0. The summed E-state index contributed by atoms with van der Waals surface area (Å²) >= 11 is 0. The van der Waals surface area contributed by atoms with E-state index >= 15 is 0 Å². The highest BCUT2D eigenvalue weighted by Crippen LogP contribution is 2.47. The molecule has 2 aliphatic rings. The maximum absolute atomic E-state index is 13.5. The van der Waals surface area contributed by atoms with Gasteiger partial charge in [-0.15, -0.1) is 0 Å². The molecule has 13 rings (SSSR count). The number of halogens is 1. The number of aromatic nitrogens is 8. The van der Waals surface area contributed by atoms with Crippen LogP contribution in [-0.4, -0.2) is 48.3 Å². The molecule has 11 aromatic rings. The van der Waals surface area contributed by atoms with E-state index in [1.807, 2.05) is 152 Å². The number of ether oxygens (including phenoxy) is 4. The monoisotopic (exact) mass is 980 g/mol. The molecule has 8 bridgehead atoms. The van der Waals surface area contributed by atoms with E-state index in [0.717, 1.165) is 0 Å². The van der Waals surface area contributed by atoms with Gasteiger partial charge >= 0.3 is 0 Å². The van der Waals surface area contributed by atoms with Crippen molar-refractivity contribution in [3.63, 3.8) is 0 Å². The molecule has 0 saturated heterocycles. The highest BCUT2D eigenvalue weighted by atomic mass is 35.7. The van der Waals surface area contributed by atoms with Crippen LogP contribution in [0.25, 0.3) is 89.7 Å². The normalized spacial score (nSPS) is 11.8. The van der Waals surface area contributed by atoms with Gasteiger partial charge in [0.25, 0.3) is 9.05 Å². The Kier molecular flexibility index (Phi) is 10.2. The van der Waals surface area contributed by atoms with E-state index in [1.165, 1.54) is 6.07 Å². The molecule has 0 spiro atoms. The van der Waals surface area contributed by atoms with Crippen LogP contribution in [0.2, 0.25) is 0 Å². The van der Waals surface area contributed by atoms with Crippen molar-refractivity contribution >= 4 is 63.9 Å². The van der Waals surface area contributed by atoms with Gasteiger partial charge in [-0.2, -0.15) is 0 Å². The first-order valence-electron chi connectivity index (χ1n) is 22.5. The third-order valence-corrected chi connectivity index (χ3v) is 13.4. The Balaban J connectivity index is 1.18. The van der Waals surface area contributed by atoms with E-state index in [4.69, 9.17) is 59.5 Å². The van der Waals surface area contributed by atoms with Gasteiger partial charge in [-0.25, -0.2) is 38.3 Å². The number of hydrogen-bond acceptors (Lipinski definition) is 12. The van der Waals surface area contributed by atoms with Crippen LogP contribution in [0.1, 0.15) is 0 Å². The maximum atomic E-state index is 13.5. The molecule has 16 heteroatoms. The van der Waals surface area contributed by atoms with E-state index in [0.29, 0.717) is 95.8 Å². The van der Waals surface area contributed by atoms with Crippen molar-refractivity contribution in [3.05, 3.63) is 188 Å². The molecule has 346 valence electrons. The number of H-pyrrole nitrogens is 2. The van der Waals surface area contributed by atoms with Crippen LogP contribution < -0.4 is 18.9 Å². The number of aromatic amines is 2. The van der Waals surface area contributed by atoms with Gasteiger partial charge in [0.15, 0.2) is 29.0 Å². The molecule has 0 fully saturated rings. The molecule has 0 amide bonds. The number of hydrogen-bond donors (Lipinski definition) is 2. The van der Waals surface area contributed by atoms with E-state index in [9.17, 15) is 8.42 Å². The lowest BCUT2D eigenvalue weighted by Gasteiger charge is -2.11. The third kappa shape index (κ3) is 7.65. The zero-order valence-electron chi connectivity index (χ0n) is 37.3. The van der Waals surface area contributed by atoms with Gasteiger partial charge in [0, 0.05) is 32.6 Å². The zero-order valence-corrected chi connectivity index (χ0v) is 38.9. The third-order valence-electron chi connectivity index (χ3n) is 12.0. The van der Waals surface area contributed by atoms with Gasteiger partial charge in [0.1, 0.15) is 67.7 Å². The Bertz CT molecular complexity index is 4210. The molecule has 2 N–H and O–H groups in total. The van der Waals surface area contributed by atoms with Crippen LogP contribution >= 0.6 is 10.7 Å². The first-order chi connectivity index (χ1) is 35.3. The van der Waals surface area contributed by atoms with Crippen LogP contribution in [0.4, 0.5) is 0 Å². The van der Waals surface area contributed by atoms with Gasteiger partial charge in [0.2, 0.25) is 0 Å². The van der Waals surface area contributed by atoms with Crippen molar-refractivity contribution in [2.45, 2.75) is 4.90 Å². The Labute approximate surface area is 413 Å². The minimum Gasteiger partial charge on any atom is -0.457 e. The number of benzene rings is 8. The highest BCUT2D eigenvalue weighted by Gasteiger charge is 2.29. The molecule has 0 aliphatic carbocycles.